The number of hydrogen-bond donors (Lipinski definition) is 2. The third kappa shape index (κ3) is 3.48. The van der Waals surface area contributed by atoms with Crippen molar-refractivity contribution in [2.75, 3.05) is 10.6 Å². The maximum Gasteiger partial charge on any atom is 0.222 e. The van der Waals surface area contributed by atoms with Crippen molar-refractivity contribution in [2.45, 2.75) is 6.54 Å². The molecular weight excluding hydrogens is 340 g/mol. The minimum atomic E-state index is 0.402. The number of fused-ring (bicyclic) bond motifs is 1. The summed E-state index contributed by atoms with van der Waals surface area (Å²) in [5, 5.41) is 19.8. The van der Waals surface area contributed by atoms with Crippen molar-refractivity contribution < 1.29 is 0 Å². The molecule has 0 amide bonds. The summed E-state index contributed by atoms with van der Waals surface area (Å²) >= 11 is 6.01. The van der Waals surface area contributed by atoms with Gasteiger partial charge in [0, 0.05) is 23.1 Å². The van der Waals surface area contributed by atoms with E-state index >= 15 is 0 Å². The molecule has 124 valence electrons. The number of anilines is 3. The lowest BCUT2D eigenvalue weighted by Crippen LogP contribution is -2.08. The molecule has 3 aromatic heterocycles. The monoisotopic (exact) mass is 352 g/mol. The number of nitrogens with zero attached hydrogens (tertiary/aromatic N) is 6. The molecule has 4 aromatic rings. The highest BCUT2D eigenvalue weighted by atomic mass is 35.5. The molecule has 0 atom stereocenters. The summed E-state index contributed by atoms with van der Waals surface area (Å²) in [5.74, 6) is 1.83. The largest absolute Gasteiger partial charge is 0.347 e. The van der Waals surface area contributed by atoms with E-state index in [1.807, 2.05) is 36.4 Å². The van der Waals surface area contributed by atoms with E-state index in [4.69, 9.17) is 11.6 Å². The summed E-state index contributed by atoms with van der Waals surface area (Å²) in [4.78, 5) is 8.23. The molecule has 9 heteroatoms. The fourth-order valence-corrected chi connectivity index (χ4v) is 2.46. The van der Waals surface area contributed by atoms with E-state index in [1.54, 1.807) is 23.0 Å². The predicted molar refractivity (Wildman–Crippen MR) is 94.9 cm³/mol. The van der Waals surface area contributed by atoms with E-state index in [0.29, 0.717) is 34.8 Å². The highest BCUT2D eigenvalue weighted by molar-refractivity contribution is 6.30. The quantitative estimate of drug-likeness (QED) is 0.570. The van der Waals surface area contributed by atoms with E-state index < -0.39 is 0 Å². The Balaban J connectivity index is 1.57. The Morgan fingerprint density at radius 2 is 1.88 bits per heavy atom. The Labute approximate surface area is 147 Å². The SMILES string of the molecule is Clc1cccc(Nc2ccc3nnc(CNc4ncccn4)n3n2)c1. The Morgan fingerprint density at radius 3 is 2.72 bits per heavy atom. The lowest BCUT2D eigenvalue weighted by Gasteiger charge is -2.07. The zero-order chi connectivity index (χ0) is 17.1. The number of benzene rings is 1. The molecule has 0 aliphatic carbocycles. The van der Waals surface area contributed by atoms with E-state index in [1.165, 1.54) is 0 Å². The van der Waals surface area contributed by atoms with E-state index in [-0.39, 0.29) is 0 Å². The topological polar surface area (TPSA) is 92.9 Å². The number of hydrogen-bond acceptors (Lipinski definition) is 7. The van der Waals surface area contributed by atoms with E-state index in [0.717, 1.165) is 5.69 Å². The fraction of sp³-hybridized carbons (Fsp3) is 0.0625. The van der Waals surface area contributed by atoms with Crippen molar-refractivity contribution in [3.8, 4) is 0 Å². The second-order valence-corrected chi connectivity index (χ2v) is 5.60. The van der Waals surface area contributed by atoms with Gasteiger partial charge in [-0.2, -0.15) is 4.52 Å². The van der Waals surface area contributed by atoms with Gasteiger partial charge in [-0.3, -0.25) is 0 Å². The molecule has 2 N–H and O–H groups in total. The summed E-state index contributed by atoms with van der Waals surface area (Å²) in [7, 11) is 0. The number of nitrogens with one attached hydrogen (secondary N) is 2. The van der Waals surface area contributed by atoms with Gasteiger partial charge in [-0.1, -0.05) is 17.7 Å². The molecule has 25 heavy (non-hydrogen) atoms. The van der Waals surface area contributed by atoms with Gasteiger partial charge in [0.2, 0.25) is 5.95 Å². The van der Waals surface area contributed by atoms with Crippen LogP contribution in [0.25, 0.3) is 5.65 Å². The van der Waals surface area contributed by atoms with Gasteiger partial charge in [0.05, 0.1) is 6.54 Å². The molecule has 0 radical (unpaired) electrons. The maximum absolute atomic E-state index is 6.01. The molecule has 0 fully saturated rings. The van der Waals surface area contributed by atoms with Crippen LogP contribution in [0.3, 0.4) is 0 Å². The molecule has 3 heterocycles. The Bertz CT molecular complexity index is 1000. The highest BCUT2D eigenvalue weighted by Gasteiger charge is 2.08. The van der Waals surface area contributed by atoms with E-state index in [2.05, 4.69) is 35.9 Å². The van der Waals surface area contributed by atoms with Gasteiger partial charge in [0.1, 0.15) is 0 Å². The van der Waals surface area contributed by atoms with Crippen LogP contribution in [0.15, 0.2) is 54.9 Å². The van der Waals surface area contributed by atoms with Crippen LogP contribution >= 0.6 is 11.6 Å². The Hall–Kier alpha value is -3.26. The summed E-state index contributed by atoms with van der Waals surface area (Å²) in [5.41, 5.74) is 1.51. The standard InChI is InChI=1S/C16H13ClN8/c17-11-3-1-4-12(9-11)21-13-5-6-14-22-23-15(25(14)24-13)10-20-16-18-7-2-8-19-16/h1-9H,10H2,(H,21,24)(H,18,19,20). The summed E-state index contributed by atoms with van der Waals surface area (Å²) in [6.07, 6.45) is 3.34. The second kappa shape index (κ2) is 6.70. The first-order chi connectivity index (χ1) is 12.3. The van der Waals surface area contributed by atoms with Crippen molar-refractivity contribution in [2.24, 2.45) is 0 Å². The fourth-order valence-electron chi connectivity index (χ4n) is 2.27. The van der Waals surface area contributed by atoms with Gasteiger partial charge < -0.3 is 10.6 Å². The number of aromatic nitrogens is 6. The first-order valence-electron chi connectivity index (χ1n) is 7.53. The molecule has 0 saturated heterocycles. The van der Waals surface area contributed by atoms with Gasteiger partial charge in [0.25, 0.3) is 0 Å². The first-order valence-corrected chi connectivity index (χ1v) is 7.90. The minimum Gasteiger partial charge on any atom is -0.347 e. The van der Waals surface area contributed by atoms with Crippen molar-refractivity contribution in [3.63, 3.8) is 0 Å². The van der Waals surface area contributed by atoms with Gasteiger partial charge >= 0.3 is 0 Å². The van der Waals surface area contributed by atoms with Crippen molar-refractivity contribution >= 4 is 34.7 Å². The zero-order valence-corrected chi connectivity index (χ0v) is 13.7. The van der Waals surface area contributed by atoms with Crippen LogP contribution in [0, 0.1) is 0 Å². The van der Waals surface area contributed by atoms with Crippen LogP contribution in [0.1, 0.15) is 5.82 Å². The summed E-state index contributed by atoms with van der Waals surface area (Å²) < 4.78 is 1.67. The van der Waals surface area contributed by atoms with E-state index in [9.17, 15) is 0 Å². The molecule has 0 bridgehead atoms. The molecule has 0 aliphatic rings. The number of rotatable bonds is 5. The molecule has 8 nitrogen and oxygen atoms in total. The third-order valence-corrected chi connectivity index (χ3v) is 3.63. The van der Waals surface area contributed by atoms with Crippen LogP contribution in [0.5, 0.6) is 0 Å². The van der Waals surface area contributed by atoms with Gasteiger partial charge in [0.15, 0.2) is 17.3 Å². The average Bonchev–Trinajstić information content (AvgIpc) is 3.03. The molecule has 0 unspecified atom stereocenters. The van der Waals surface area contributed by atoms with Crippen LogP contribution < -0.4 is 10.6 Å². The van der Waals surface area contributed by atoms with Crippen molar-refractivity contribution in [1.82, 2.24) is 29.8 Å². The maximum atomic E-state index is 6.01. The predicted octanol–water partition coefficient (Wildman–Crippen LogP) is 2.92. The van der Waals surface area contributed by atoms with Crippen LogP contribution in [-0.4, -0.2) is 29.8 Å². The lowest BCUT2D eigenvalue weighted by molar-refractivity contribution is 0.826. The highest BCUT2D eigenvalue weighted by Crippen LogP contribution is 2.19. The van der Waals surface area contributed by atoms with Crippen LogP contribution in [-0.2, 0) is 6.54 Å². The molecule has 0 saturated carbocycles. The van der Waals surface area contributed by atoms with Crippen LogP contribution in [0.2, 0.25) is 5.02 Å². The molecular formula is C16H13ClN8. The number of halogens is 1. The van der Waals surface area contributed by atoms with Crippen LogP contribution in [0.4, 0.5) is 17.5 Å². The zero-order valence-electron chi connectivity index (χ0n) is 13.0. The average molecular weight is 353 g/mol. The first kappa shape index (κ1) is 15.3. The Kier molecular flexibility index (Phi) is 4.09. The summed E-state index contributed by atoms with van der Waals surface area (Å²) in [6, 6.07) is 12.9. The molecule has 4 rings (SSSR count). The Morgan fingerprint density at radius 1 is 1.00 bits per heavy atom. The summed E-state index contributed by atoms with van der Waals surface area (Å²) in [6.45, 7) is 0.402. The molecule has 1 aromatic carbocycles. The normalized spacial score (nSPS) is 10.8. The lowest BCUT2D eigenvalue weighted by atomic mass is 10.3. The van der Waals surface area contributed by atoms with Gasteiger partial charge in [-0.05, 0) is 36.4 Å². The third-order valence-electron chi connectivity index (χ3n) is 3.39. The smallest absolute Gasteiger partial charge is 0.222 e. The second-order valence-electron chi connectivity index (χ2n) is 5.17. The van der Waals surface area contributed by atoms with Crippen molar-refractivity contribution in [1.29, 1.82) is 0 Å². The minimum absolute atomic E-state index is 0.402. The molecule has 0 spiro atoms. The van der Waals surface area contributed by atoms with Gasteiger partial charge in [-0.25, -0.2) is 9.97 Å². The molecule has 0 aliphatic heterocycles. The van der Waals surface area contributed by atoms with Crippen molar-refractivity contribution in [3.05, 3.63) is 65.7 Å². The van der Waals surface area contributed by atoms with Gasteiger partial charge in [-0.15, -0.1) is 15.3 Å².